The van der Waals surface area contributed by atoms with Gasteiger partial charge in [-0.2, -0.15) is 0 Å². The van der Waals surface area contributed by atoms with Crippen LogP contribution < -0.4 is 5.11 Å². The molecule has 2 atom stereocenters. The number of ether oxygens (including phenoxy) is 4. The molecule has 0 amide bonds. The van der Waals surface area contributed by atoms with Gasteiger partial charge in [-0.3, -0.25) is 9.59 Å². The number of hydrogen-bond acceptors (Lipinski definition) is 8. The van der Waals surface area contributed by atoms with E-state index in [9.17, 15) is 19.5 Å². The van der Waals surface area contributed by atoms with E-state index in [0.29, 0.717) is 23.9 Å². The summed E-state index contributed by atoms with van der Waals surface area (Å²) in [6.07, 6.45) is 96.1. The van der Waals surface area contributed by atoms with Gasteiger partial charge in [-0.05, 0) is 64.2 Å². The third-order valence-electron chi connectivity index (χ3n) is 17.7. The van der Waals surface area contributed by atoms with Gasteiger partial charge in [0, 0.05) is 12.8 Å². The van der Waals surface area contributed by atoms with Crippen LogP contribution in [0, 0.1) is 0 Å². The van der Waals surface area contributed by atoms with Crippen molar-refractivity contribution in [2.45, 2.75) is 392 Å². The summed E-state index contributed by atoms with van der Waals surface area (Å²) < 4.78 is 22.8. The first-order valence-electron chi connectivity index (χ1n) is 39.6. The van der Waals surface area contributed by atoms with Crippen LogP contribution >= 0.6 is 0 Å². The number of allylic oxidation sites excluding steroid dienone is 12. The number of carbonyl (C=O) groups is 3. The number of rotatable bonds is 74. The number of unbranched alkanes of at least 4 members (excludes halogenated alkanes) is 47. The minimum atomic E-state index is -1.63. The molecular weight excluding hydrogens is 1140 g/mol. The summed E-state index contributed by atoms with van der Waals surface area (Å²) in [6.45, 7) is 4.68. The van der Waals surface area contributed by atoms with E-state index in [1.165, 1.54) is 263 Å². The number of esters is 2. The van der Waals surface area contributed by atoms with Crippen LogP contribution in [0.4, 0.5) is 0 Å². The van der Waals surface area contributed by atoms with Crippen molar-refractivity contribution in [2.24, 2.45) is 0 Å². The Balaban J connectivity index is 3.97. The fourth-order valence-electron chi connectivity index (χ4n) is 11.7. The molecule has 0 radical (unpaired) electrons. The Morgan fingerprint density at radius 3 is 0.924 bits per heavy atom. The molecule has 0 rings (SSSR count). The SMILES string of the molecule is CC/C=C\C/C=C\C/C=C\C/C=C\C/C=C\C/C=C\CCCCCCCCCCC(=O)OC(COC(=O)CCCCCCCCCCCCCCCCCCCCCCCCCCCCCCCCCCCCCCCCCC)COC(OCC[N+](C)(C)C)C(=O)[O-]. The second-order valence-electron chi connectivity index (χ2n) is 28.0. The van der Waals surface area contributed by atoms with Gasteiger partial charge in [0.15, 0.2) is 12.4 Å². The first kappa shape index (κ1) is 88.7. The highest BCUT2D eigenvalue weighted by Crippen LogP contribution is 2.20. The van der Waals surface area contributed by atoms with Gasteiger partial charge < -0.3 is 33.3 Å². The van der Waals surface area contributed by atoms with Crippen LogP contribution in [0.5, 0.6) is 0 Å². The molecule has 0 bridgehead atoms. The van der Waals surface area contributed by atoms with Gasteiger partial charge in [-0.25, -0.2) is 0 Å². The summed E-state index contributed by atoms with van der Waals surface area (Å²) in [5, 5.41) is 11.8. The Kier molecular flexibility index (Phi) is 70.9. The number of nitrogens with zero attached hydrogens (tertiary/aromatic N) is 1. The van der Waals surface area contributed by atoms with Gasteiger partial charge in [0.2, 0.25) is 0 Å². The van der Waals surface area contributed by atoms with Crippen molar-refractivity contribution in [2.75, 3.05) is 47.5 Å². The summed E-state index contributed by atoms with van der Waals surface area (Å²) in [4.78, 5) is 37.6. The van der Waals surface area contributed by atoms with Gasteiger partial charge in [0.1, 0.15) is 13.2 Å². The molecule has 0 aliphatic heterocycles. The molecule has 0 N–H and O–H groups in total. The molecule has 0 aliphatic rings. The topological polar surface area (TPSA) is 111 Å². The minimum Gasteiger partial charge on any atom is -0.545 e. The normalized spacial score (nSPS) is 13.0. The molecule has 92 heavy (non-hydrogen) atoms. The second-order valence-corrected chi connectivity index (χ2v) is 28.0. The van der Waals surface area contributed by atoms with Crippen LogP contribution in [0.1, 0.15) is 380 Å². The maximum atomic E-state index is 12.9. The lowest BCUT2D eigenvalue weighted by atomic mass is 10.0. The van der Waals surface area contributed by atoms with E-state index in [2.05, 4.69) is 86.8 Å². The third kappa shape index (κ3) is 74.1. The summed E-state index contributed by atoms with van der Waals surface area (Å²) in [7, 11) is 5.94. The van der Waals surface area contributed by atoms with E-state index >= 15 is 0 Å². The molecule has 0 saturated carbocycles. The Hall–Kier alpha value is -3.27. The molecule has 0 aromatic carbocycles. The van der Waals surface area contributed by atoms with E-state index in [1.807, 2.05) is 21.1 Å². The molecule has 9 heteroatoms. The maximum Gasteiger partial charge on any atom is 0.306 e. The Labute approximate surface area is 570 Å². The molecule has 0 saturated heterocycles. The highest BCUT2D eigenvalue weighted by atomic mass is 16.7. The van der Waals surface area contributed by atoms with Crippen LogP contribution in [-0.4, -0.2) is 82.3 Å². The van der Waals surface area contributed by atoms with Crippen LogP contribution in [0.15, 0.2) is 72.9 Å². The minimum absolute atomic E-state index is 0.145. The van der Waals surface area contributed by atoms with Gasteiger partial charge >= 0.3 is 11.9 Å². The number of quaternary nitrogens is 1. The van der Waals surface area contributed by atoms with Crippen molar-refractivity contribution in [3.05, 3.63) is 72.9 Å². The zero-order valence-corrected chi connectivity index (χ0v) is 61.4. The fraction of sp³-hybridized carbons (Fsp3) is 0.819. The van der Waals surface area contributed by atoms with Crippen molar-refractivity contribution >= 4 is 17.9 Å². The highest BCUT2D eigenvalue weighted by molar-refractivity contribution is 5.70. The van der Waals surface area contributed by atoms with Crippen molar-refractivity contribution in [3.8, 4) is 0 Å². The van der Waals surface area contributed by atoms with Crippen LogP contribution in [0.2, 0.25) is 0 Å². The molecule has 0 fully saturated rings. The largest absolute Gasteiger partial charge is 0.545 e. The fourth-order valence-corrected chi connectivity index (χ4v) is 11.7. The van der Waals surface area contributed by atoms with E-state index in [4.69, 9.17) is 18.9 Å². The highest BCUT2D eigenvalue weighted by Gasteiger charge is 2.22. The standard InChI is InChI=1S/C83H151NO8/c1-6-8-10-12-14-16-18-20-22-24-26-28-30-32-34-35-36-37-38-39-40-41-42-43-44-45-46-48-49-51-53-55-57-59-61-63-65-67-69-71-73-80(85)90-77-79(78-91-83(82(87)88)89-76-75-84(3,4)5)92-81(86)74-72-70-68-66-64-62-60-58-56-54-52-50-47-33-31-29-27-25-23-21-19-17-15-13-11-9-7-2/h9,11,15,17,21,23,27,29,33,47,52,54,79,83H,6-8,10,12-14,16,18-20,22,24-26,28,30-32,34-46,48-51,53,55-78H2,1-5H3/b11-9-,17-15-,23-21-,29-27-,47-33-,54-52-. The zero-order chi connectivity index (χ0) is 66.8. The number of carboxylic acid groups (broad SMARTS) is 1. The number of hydrogen-bond donors (Lipinski definition) is 0. The average Bonchev–Trinajstić information content (AvgIpc) is 3.70. The number of likely N-dealkylation sites (N-methyl/N-ethyl adjacent to an activating group) is 1. The summed E-state index contributed by atoms with van der Waals surface area (Å²) in [6, 6.07) is 0. The number of carboxylic acids is 1. The van der Waals surface area contributed by atoms with Gasteiger partial charge in [0.25, 0.3) is 0 Å². The molecule has 9 nitrogen and oxygen atoms in total. The molecule has 0 spiro atoms. The Morgan fingerprint density at radius 2 is 0.620 bits per heavy atom. The summed E-state index contributed by atoms with van der Waals surface area (Å²) >= 11 is 0. The zero-order valence-electron chi connectivity index (χ0n) is 61.4. The first-order valence-corrected chi connectivity index (χ1v) is 39.6. The van der Waals surface area contributed by atoms with E-state index in [1.54, 1.807) is 0 Å². The van der Waals surface area contributed by atoms with Crippen LogP contribution in [0.25, 0.3) is 0 Å². The average molecular weight is 1290 g/mol. The molecule has 0 aromatic rings. The Bertz CT molecular complexity index is 1740. The predicted octanol–water partition coefficient (Wildman–Crippen LogP) is 23.9. The summed E-state index contributed by atoms with van der Waals surface area (Å²) in [5.41, 5.74) is 0. The monoisotopic (exact) mass is 1290 g/mol. The molecule has 0 heterocycles. The van der Waals surface area contributed by atoms with Crippen molar-refractivity contribution < 1.29 is 42.9 Å². The molecule has 2 unspecified atom stereocenters. The van der Waals surface area contributed by atoms with E-state index < -0.39 is 24.3 Å². The number of aliphatic carboxylic acids is 1. The predicted molar refractivity (Wildman–Crippen MR) is 394 cm³/mol. The maximum absolute atomic E-state index is 12.9. The van der Waals surface area contributed by atoms with Crippen LogP contribution in [0.3, 0.4) is 0 Å². The quantitative estimate of drug-likeness (QED) is 0.0195. The van der Waals surface area contributed by atoms with E-state index in [-0.39, 0.29) is 32.2 Å². The third-order valence-corrected chi connectivity index (χ3v) is 17.7. The lowest BCUT2D eigenvalue weighted by Gasteiger charge is -2.26. The summed E-state index contributed by atoms with van der Waals surface area (Å²) in [5.74, 6) is -2.28. The van der Waals surface area contributed by atoms with Gasteiger partial charge in [-0.1, -0.05) is 376 Å². The van der Waals surface area contributed by atoms with Crippen molar-refractivity contribution in [1.82, 2.24) is 0 Å². The van der Waals surface area contributed by atoms with Crippen LogP contribution in [-0.2, 0) is 33.3 Å². The molecule has 0 aromatic heterocycles. The molecular formula is C83H151NO8. The smallest absolute Gasteiger partial charge is 0.306 e. The van der Waals surface area contributed by atoms with Gasteiger partial charge in [-0.15, -0.1) is 0 Å². The Morgan fingerprint density at radius 1 is 0.337 bits per heavy atom. The lowest BCUT2D eigenvalue weighted by Crippen LogP contribution is -2.44. The van der Waals surface area contributed by atoms with E-state index in [0.717, 1.165) is 83.5 Å². The lowest BCUT2D eigenvalue weighted by molar-refractivity contribution is -0.870. The van der Waals surface area contributed by atoms with Crippen molar-refractivity contribution in [3.63, 3.8) is 0 Å². The second kappa shape index (κ2) is 73.5. The van der Waals surface area contributed by atoms with Crippen molar-refractivity contribution in [1.29, 1.82) is 0 Å². The van der Waals surface area contributed by atoms with Gasteiger partial charge in [0.05, 0.1) is 40.3 Å². The first-order chi connectivity index (χ1) is 45.1. The number of carbonyl (C=O) groups excluding carboxylic acids is 3. The molecule has 0 aliphatic carbocycles. The molecule has 536 valence electrons.